The van der Waals surface area contributed by atoms with Crippen molar-refractivity contribution in [1.29, 1.82) is 0 Å². The van der Waals surface area contributed by atoms with Gasteiger partial charge in [0.25, 0.3) is 0 Å². The molecule has 0 aromatic carbocycles. The van der Waals surface area contributed by atoms with Crippen molar-refractivity contribution in [2.45, 2.75) is 13.3 Å². The standard InChI is InChI=1S/C13H17BrN4/c1-2-4-15-6-7-17-11-3-5-16-12-8-10(14)9-18-13(11)12/h3,5,8-9,15H,2,4,6-7H2,1H3,(H,16,17). The zero-order chi connectivity index (χ0) is 12.8. The highest BCUT2D eigenvalue weighted by atomic mass is 79.9. The van der Waals surface area contributed by atoms with Crippen molar-refractivity contribution in [2.24, 2.45) is 0 Å². The maximum absolute atomic E-state index is 4.40. The lowest BCUT2D eigenvalue weighted by Gasteiger charge is -2.09. The summed E-state index contributed by atoms with van der Waals surface area (Å²) in [5, 5.41) is 6.74. The molecule has 0 aliphatic heterocycles. The molecule has 0 aliphatic carbocycles. The molecule has 0 bridgehead atoms. The van der Waals surface area contributed by atoms with Crippen LogP contribution in [0.4, 0.5) is 5.69 Å². The van der Waals surface area contributed by atoms with Crippen LogP contribution >= 0.6 is 15.9 Å². The van der Waals surface area contributed by atoms with Crippen LogP contribution in [-0.4, -0.2) is 29.6 Å². The van der Waals surface area contributed by atoms with Crippen LogP contribution in [0.1, 0.15) is 13.3 Å². The summed E-state index contributed by atoms with van der Waals surface area (Å²) in [6.07, 6.45) is 4.76. The van der Waals surface area contributed by atoms with Crippen LogP contribution in [0.3, 0.4) is 0 Å². The van der Waals surface area contributed by atoms with Gasteiger partial charge in [0.1, 0.15) is 5.52 Å². The topological polar surface area (TPSA) is 49.8 Å². The first-order valence-electron chi connectivity index (χ1n) is 6.16. The molecule has 0 saturated heterocycles. The van der Waals surface area contributed by atoms with Crippen molar-refractivity contribution in [1.82, 2.24) is 15.3 Å². The van der Waals surface area contributed by atoms with E-state index in [1.54, 1.807) is 12.4 Å². The number of hydrogen-bond donors (Lipinski definition) is 2. The van der Waals surface area contributed by atoms with Gasteiger partial charge in [-0.2, -0.15) is 0 Å². The second kappa shape index (κ2) is 6.66. The minimum Gasteiger partial charge on any atom is -0.382 e. The molecule has 0 saturated carbocycles. The zero-order valence-corrected chi connectivity index (χ0v) is 12.0. The van der Waals surface area contributed by atoms with Gasteiger partial charge < -0.3 is 10.6 Å². The summed E-state index contributed by atoms with van der Waals surface area (Å²) in [5.74, 6) is 0. The molecule has 0 aliphatic rings. The second-order valence-corrected chi connectivity index (χ2v) is 4.97. The molecule has 2 aromatic heterocycles. The number of nitrogens with zero attached hydrogens (tertiary/aromatic N) is 2. The fraction of sp³-hybridized carbons (Fsp3) is 0.385. The Hall–Kier alpha value is -1.20. The van der Waals surface area contributed by atoms with Crippen molar-refractivity contribution < 1.29 is 0 Å². The summed E-state index contributed by atoms with van der Waals surface area (Å²) in [4.78, 5) is 8.72. The summed E-state index contributed by atoms with van der Waals surface area (Å²) in [6.45, 7) is 5.06. The monoisotopic (exact) mass is 308 g/mol. The Balaban J connectivity index is 2.04. The van der Waals surface area contributed by atoms with Gasteiger partial charge in [-0.05, 0) is 41.0 Å². The van der Waals surface area contributed by atoms with Crippen molar-refractivity contribution >= 4 is 32.7 Å². The average molecular weight is 309 g/mol. The average Bonchev–Trinajstić information content (AvgIpc) is 2.38. The summed E-state index contributed by atoms with van der Waals surface area (Å²) in [7, 11) is 0. The molecular formula is C13H17BrN4. The van der Waals surface area contributed by atoms with Gasteiger partial charge in [-0.25, -0.2) is 0 Å². The summed E-state index contributed by atoms with van der Waals surface area (Å²) < 4.78 is 0.948. The van der Waals surface area contributed by atoms with Gasteiger partial charge in [0.15, 0.2) is 0 Å². The predicted octanol–water partition coefficient (Wildman–Crippen LogP) is 2.80. The molecule has 2 heterocycles. The molecule has 96 valence electrons. The maximum Gasteiger partial charge on any atom is 0.112 e. The van der Waals surface area contributed by atoms with Crippen molar-refractivity contribution in [2.75, 3.05) is 25.0 Å². The van der Waals surface area contributed by atoms with Crippen LogP contribution in [0.5, 0.6) is 0 Å². The van der Waals surface area contributed by atoms with Gasteiger partial charge in [-0.3, -0.25) is 9.97 Å². The molecule has 2 N–H and O–H groups in total. The molecule has 0 amide bonds. The van der Waals surface area contributed by atoms with Crippen LogP contribution in [0.2, 0.25) is 0 Å². The highest BCUT2D eigenvalue weighted by Gasteiger charge is 2.03. The molecule has 4 nitrogen and oxygen atoms in total. The van der Waals surface area contributed by atoms with E-state index in [1.807, 2.05) is 12.1 Å². The van der Waals surface area contributed by atoms with Crippen LogP contribution in [0.15, 0.2) is 29.0 Å². The number of aromatic nitrogens is 2. The molecule has 2 rings (SSSR count). The predicted molar refractivity (Wildman–Crippen MR) is 78.9 cm³/mol. The number of halogens is 1. The third kappa shape index (κ3) is 3.40. The minimum atomic E-state index is 0.886. The largest absolute Gasteiger partial charge is 0.382 e. The molecule has 0 unspecified atom stereocenters. The van der Waals surface area contributed by atoms with E-state index < -0.39 is 0 Å². The summed E-state index contributed by atoms with van der Waals surface area (Å²) >= 11 is 3.41. The smallest absolute Gasteiger partial charge is 0.112 e. The lowest BCUT2D eigenvalue weighted by Crippen LogP contribution is -2.22. The van der Waals surface area contributed by atoms with E-state index in [1.165, 1.54) is 0 Å². The molecule has 5 heteroatoms. The second-order valence-electron chi connectivity index (χ2n) is 4.06. The first-order chi connectivity index (χ1) is 8.81. The maximum atomic E-state index is 4.40. The fourth-order valence-corrected chi connectivity index (χ4v) is 2.05. The Labute approximate surface area is 115 Å². The van der Waals surface area contributed by atoms with E-state index in [0.29, 0.717) is 0 Å². The molecular weight excluding hydrogens is 292 g/mol. The van der Waals surface area contributed by atoms with Crippen molar-refractivity contribution in [3.8, 4) is 0 Å². The number of hydrogen-bond acceptors (Lipinski definition) is 4. The lowest BCUT2D eigenvalue weighted by atomic mass is 10.3. The number of anilines is 1. The van der Waals surface area contributed by atoms with Crippen LogP contribution in [0.25, 0.3) is 11.0 Å². The zero-order valence-electron chi connectivity index (χ0n) is 10.4. The number of pyridine rings is 2. The van der Waals surface area contributed by atoms with E-state index in [2.05, 4.69) is 43.5 Å². The Bertz CT molecular complexity index is 515. The van der Waals surface area contributed by atoms with Gasteiger partial charge in [-0.1, -0.05) is 6.92 Å². The van der Waals surface area contributed by atoms with Gasteiger partial charge in [-0.15, -0.1) is 0 Å². The van der Waals surface area contributed by atoms with E-state index in [0.717, 1.165) is 47.2 Å². The Morgan fingerprint density at radius 2 is 2.11 bits per heavy atom. The molecule has 18 heavy (non-hydrogen) atoms. The van der Waals surface area contributed by atoms with E-state index in [-0.39, 0.29) is 0 Å². The van der Waals surface area contributed by atoms with Crippen molar-refractivity contribution in [3.63, 3.8) is 0 Å². The van der Waals surface area contributed by atoms with Crippen LogP contribution in [0, 0.1) is 0 Å². The highest BCUT2D eigenvalue weighted by molar-refractivity contribution is 9.10. The Morgan fingerprint density at radius 1 is 1.22 bits per heavy atom. The molecule has 0 fully saturated rings. The van der Waals surface area contributed by atoms with Gasteiger partial charge in [0.05, 0.1) is 11.2 Å². The van der Waals surface area contributed by atoms with Gasteiger partial charge in [0, 0.05) is 30.0 Å². The third-order valence-electron chi connectivity index (χ3n) is 2.59. The summed E-state index contributed by atoms with van der Waals surface area (Å²) in [6, 6.07) is 3.94. The van der Waals surface area contributed by atoms with Gasteiger partial charge >= 0.3 is 0 Å². The molecule has 2 aromatic rings. The normalized spacial score (nSPS) is 10.8. The van der Waals surface area contributed by atoms with E-state index in [9.17, 15) is 0 Å². The number of fused-ring (bicyclic) bond motifs is 1. The van der Waals surface area contributed by atoms with E-state index in [4.69, 9.17) is 0 Å². The molecule has 0 radical (unpaired) electrons. The third-order valence-corrected chi connectivity index (χ3v) is 3.02. The SMILES string of the molecule is CCCNCCNc1ccnc2cc(Br)cnc12. The Morgan fingerprint density at radius 3 is 2.94 bits per heavy atom. The fourth-order valence-electron chi connectivity index (χ4n) is 1.74. The minimum absolute atomic E-state index is 0.886. The Kier molecular flexibility index (Phi) is 4.90. The first kappa shape index (κ1) is 13.2. The van der Waals surface area contributed by atoms with Gasteiger partial charge in [0.2, 0.25) is 0 Å². The number of nitrogens with one attached hydrogen (secondary N) is 2. The molecule has 0 atom stereocenters. The number of rotatable bonds is 6. The quantitative estimate of drug-likeness (QED) is 0.806. The van der Waals surface area contributed by atoms with Crippen LogP contribution < -0.4 is 10.6 Å². The molecule has 0 spiro atoms. The van der Waals surface area contributed by atoms with Crippen LogP contribution in [-0.2, 0) is 0 Å². The van der Waals surface area contributed by atoms with E-state index >= 15 is 0 Å². The van der Waals surface area contributed by atoms with Crippen molar-refractivity contribution in [3.05, 3.63) is 29.0 Å². The lowest BCUT2D eigenvalue weighted by molar-refractivity contribution is 0.688. The highest BCUT2D eigenvalue weighted by Crippen LogP contribution is 2.21. The summed E-state index contributed by atoms with van der Waals surface area (Å²) in [5.41, 5.74) is 2.85. The first-order valence-corrected chi connectivity index (χ1v) is 6.95.